The Bertz CT molecular complexity index is 1400. The Kier molecular flexibility index (Phi) is 7.31. The number of aromatic nitrogens is 1. The summed E-state index contributed by atoms with van der Waals surface area (Å²) in [6.45, 7) is 6.07. The van der Waals surface area contributed by atoms with Crippen LogP contribution < -0.4 is 9.64 Å². The molecule has 2 amide bonds. The Hall–Kier alpha value is -3.58. The topological polar surface area (TPSA) is 89.5 Å². The number of aromatic hydroxyl groups is 1. The molecule has 0 radical (unpaired) electrons. The van der Waals surface area contributed by atoms with Gasteiger partial charge in [0, 0.05) is 44.8 Å². The summed E-state index contributed by atoms with van der Waals surface area (Å²) in [5, 5.41) is 10.3. The van der Waals surface area contributed by atoms with Crippen LogP contribution in [0.2, 0.25) is 5.02 Å². The van der Waals surface area contributed by atoms with E-state index in [4.69, 9.17) is 16.3 Å². The van der Waals surface area contributed by atoms with E-state index in [1.165, 1.54) is 46.8 Å². The van der Waals surface area contributed by atoms with Crippen molar-refractivity contribution in [2.75, 3.05) is 50.8 Å². The first-order valence-corrected chi connectivity index (χ1v) is 13.3. The number of fused-ring (bicyclic) bond motifs is 2. The molecular formula is C27H28ClF4N5O4. The molecule has 220 valence electrons. The van der Waals surface area contributed by atoms with Crippen molar-refractivity contribution in [2.24, 2.45) is 0 Å². The van der Waals surface area contributed by atoms with Gasteiger partial charge < -0.3 is 24.5 Å². The Labute approximate surface area is 238 Å². The predicted molar refractivity (Wildman–Crippen MR) is 142 cm³/mol. The highest BCUT2D eigenvalue weighted by Gasteiger charge is 2.50. The van der Waals surface area contributed by atoms with Crippen molar-refractivity contribution in [1.82, 2.24) is 19.7 Å². The van der Waals surface area contributed by atoms with E-state index >= 15 is 4.39 Å². The lowest BCUT2D eigenvalue weighted by Gasteiger charge is -2.48. The van der Waals surface area contributed by atoms with Gasteiger partial charge in [0.1, 0.15) is 40.3 Å². The van der Waals surface area contributed by atoms with Crippen molar-refractivity contribution in [3.05, 3.63) is 47.3 Å². The number of hydrogen-bond donors (Lipinski definition) is 1. The van der Waals surface area contributed by atoms with Crippen LogP contribution in [0.1, 0.15) is 24.2 Å². The lowest BCUT2D eigenvalue weighted by Crippen LogP contribution is -2.64. The van der Waals surface area contributed by atoms with Crippen LogP contribution in [-0.4, -0.2) is 100 Å². The number of carbonyl (C=O) groups is 2. The van der Waals surface area contributed by atoms with E-state index in [2.05, 4.69) is 11.6 Å². The number of nitrogens with zero attached hydrogens (tertiary/aromatic N) is 5. The van der Waals surface area contributed by atoms with Crippen LogP contribution in [0.4, 0.5) is 23.4 Å². The third-order valence-corrected chi connectivity index (χ3v) is 8.03. The van der Waals surface area contributed by atoms with Crippen LogP contribution in [0.25, 0.3) is 11.3 Å². The number of benzene rings is 1. The number of alkyl halides is 3. The lowest BCUT2D eigenvalue weighted by atomic mass is 9.98. The summed E-state index contributed by atoms with van der Waals surface area (Å²) in [4.78, 5) is 35.9. The zero-order chi connectivity index (χ0) is 29.9. The first-order valence-electron chi connectivity index (χ1n) is 12.9. The van der Waals surface area contributed by atoms with E-state index in [9.17, 15) is 27.9 Å². The molecule has 0 saturated carbocycles. The van der Waals surface area contributed by atoms with Crippen molar-refractivity contribution >= 4 is 29.2 Å². The van der Waals surface area contributed by atoms with Crippen LogP contribution in [0.15, 0.2) is 30.9 Å². The number of halogens is 5. The molecule has 3 aliphatic rings. The quantitative estimate of drug-likeness (QED) is 0.326. The number of phenols is 1. The van der Waals surface area contributed by atoms with E-state index in [1.807, 2.05) is 0 Å². The van der Waals surface area contributed by atoms with Crippen LogP contribution in [-0.2, 0) is 4.79 Å². The molecule has 0 aliphatic carbocycles. The van der Waals surface area contributed by atoms with Gasteiger partial charge >= 0.3 is 6.30 Å². The van der Waals surface area contributed by atoms with Crippen molar-refractivity contribution < 1.29 is 37.0 Å². The number of rotatable bonds is 3. The molecule has 1 unspecified atom stereocenters. The minimum absolute atomic E-state index is 0.0350. The molecule has 1 N–H and O–H groups in total. The summed E-state index contributed by atoms with van der Waals surface area (Å²) >= 11 is 6.70. The molecule has 3 aliphatic heterocycles. The molecule has 1 atom stereocenters. The number of pyridine rings is 1. The van der Waals surface area contributed by atoms with Gasteiger partial charge in [0.2, 0.25) is 5.91 Å². The summed E-state index contributed by atoms with van der Waals surface area (Å²) in [6.07, 6.45) is -3.41. The van der Waals surface area contributed by atoms with Gasteiger partial charge in [0.25, 0.3) is 5.91 Å². The van der Waals surface area contributed by atoms with E-state index in [0.717, 1.165) is 6.07 Å². The molecule has 5 rings (SSSR count). The third-order valence-electron chi connectivity index (χ3n) is 7.68. The van der Waals surface area contributed by atoms with Crippen LogP contribution in [0.3, 0.4) is 0 Å². The first-order chi connectivity index (χ1) is 19.2. The molecule has 0 bridgehead atoms. The molecule has 1 aromatic carbocycles. The van der Waals surface area contributed by atoms with Gasteiger partial charge in [-0.05, 0) is 32.1 Å². The Balaban J connectivity index is 1.65. The largest absolute Gasteiger partial charge is 0.507 e. The van der Waals surface area contributed by atoms with Gasteiger partial charge in [-0.2, -0.15) is 13.2 Å². The summed E-state index contributed by atoms with van der Waals surface area (Å²) < 4.78 is 62.4. The monoisotopic (exact) mass is 597 g/mol. The standard InChI is InChI=1S/C27H28ClF4N5O4/c1-4-18(39)34-8-10-36-15(12-34)13-41-23-20(25(36)40)24(35-9-11-37(27(30,31)32)26(2,3)14-35)33-22(21(23)28)19-16(29)6-5-7-17(19)38/h4-7,15,38H,1,8-14H2,2-3H3. The Morgan fingerprint density at radius 2 is 1.95 bits per heavy atom. The first kappa shape index (κ1) is 28.9. The zero-order valence-corrected chi connectivity index (χ0v) is 23.1. The summed E-state index contributed by atoms with van der Waals surface area (Å²) in [5.74, 6) is -2.30. The second kappa shape index (κ2) is 10.4. The average molecular weight is 598 g/mol. The molecule has 41 heavy (non-hydrogen) atoms. The highest BCUT2D eigenvalue weighted by Crippen LogP contribution is 2.47. The molecule has 9 nitrogen and oxygen atoms in total. The number of anilines is 1. The molecule has 0 spiro atoms. The fourth-order valence-corrected chi connectivity index (χ4v) is 6.01. The molecule has 2 aromatic rings. The normalized spacial score (nSPS) is 21.1. The highest BCUT2D eigenvalue weighted by atomic mass is 35.5. The number of piperazine rings is 2. The van der Waals surface area contributed by atoms with Gasteiger partial charge in [-0.3, -0.25) is 9.59 Å². The fourth-order valence-electron chi connectivity index (χ4n) is 5.72. The third kappa shape index (κ3) is 5.05. The molecule has 1 aromatic heterocycles. The number of amides is 2. The number of hydrogen-bond acceptors (Lipinski definition) is 7. The van der Waals surface area contributed by atoms with Crippen molar-refractivity contribution in [2.45, 2.75) is 31.7 Å². The van der Waals surface area contributed by atoms with Crippen LogP contribution >= 0.6 is 11.6 Å². The minimum Gasteiger partial charge on any atom is -0.507 e. The smallest absolute Gasteiger partial charge is 0.460 e. The SMILES string of the molecule is C=CC(=O)N1CCN2C(=O)c3c(N4CCN(C(F)(F)F)C(C)(C)C4)nc(-c4c(O)cccc4F)c(Cl)c3OCC2C1. The predicted octanol–water partition coefficient (Wildman–Crippen LogP) is 3.90. The van der Waals surface area contributed by atoms with E-state index in [0.29, 0.717) is 4.90 Å². The van der Waals surface area contributed by atoms with E-state index in [-0.39, 0.29) is 78.6 Å². The molecule has 2 fully saturated rings. The summed E-state index contributed by atoms with van der Waals surface area (Å²) in [6, 6.07) is 3.06. The van der Waals surface area contributed by atoms with Crippen LogP contribution in [0, 0.1) is 5.82 Å². The zero-order valence-electron chi connectivity index (χ0n) is 22.3. The van der Waals surface area contributed by atoms with Crippen LogP contribution in [0.5, 0.6) is 11.5 Å². The fraction of sp³-hybridized carbons (Fsp3) is 0.444. The maximum Gasteiger partial charge on any atom is 0.460 e. The Morgan fingerprint density at radius 1 is 1.22 bits per heavy atom. The molecule has 14 heteroatoms. The van der Waals surface area contributed by atoms with E-state index in [1.54, 1.807) is 0 Å². The number of carbonyl (C=O) groups excluding carboxylic acids is 2. The highest BCUT2D eigenvalue weighted by molar-refractivity contribution is 6.35. The van der Waals surface area contributed by atoms with E-state index < -0.39 is 41.9 Å². The van der Waals surface area contributed by atoms with Crippen molar-refractivity contribution in [3.63, 3.8) is 0 Å². The van der Waals surface area contributed by atoms with Crippen molar-refractivity contribution in [3.8, 4) is 22.8 Å². The minimum atomic E-state index is -4.58. The average Bonchev–Trinajstić information content (AvgIpc) is 3.04. The molecular weight excluding hydrogens is 570 g/mol. The van der Waals surface area contributed by atoms with Gasteiger partial charge in [-0.25, -0.2) is 14.3 Å². The van der Waals surface area contributed by atoms with Gasteiger partial charge in [0.05, 0.1) is 11.6 Å². The lowest BCUT2D eigenvalue weighted by molar-refractivity contribution is -0.274. The Morgan fingerprint density at radius 3 is 2.59 bits per heavy atom. The number of ether oxygens (including phenoxy) is 1. The van der Waals surface area contributed by atoms with Gasteiger partial charge in [-0.1, -0.05) is 24.2 Å². The van der Waals surface area contributed by atoms with Crippen molar-refractivity contribution in [1.29, 1.82) is 0 Å². The molecule has 4 heterocycles. The van der Waals surface area contributed by atoms with Gasteiger partial charge in [0.15, 0.2) is 5.75 Å². The summed E-state index contributed by atoms with van der Waals surface area (Å²) in [5.41, 5.74) is -2.05. The number of phenolic OH excluding ortho intramolecular Hbond substituents is 1. The second-order valence-corrected chi connectivity index (χ2v) is 11.1. The maximum atomic E-state index is 15.0. The molecule has 2 saturated heterocycles. The second-order valence-electron chi connectivity index (χ2n) is 10.7. The van der Waals surface area contributed by atoms with Gasteiger partial charge in [-0.15, -0.1) is 0 Å². The summed E-state index contributed by atoms with van der Waals surface area (Å²) in [7, 11) is 0. The maximum absolute atomic E-state index is 15.0.